The average Bonchev–Trinajstić information content (AvgIpc) is 2.78. The zero-order chi connectivity index (χ0) is 19.4. The van der Waals surface area contributed by atoms with E-state index in [0.717, 1.165) is 17.7 Å². The van der Waals surface area contributed by atoms with Gasteiger partial charge in [0.1, 0.15) is 12.6 Å². The molecular weight excluding hydrogens is 381 g/mol. The lowest BCUT2D eigenvalue weighted by Crippen LogP contribution is -2.45. The maximum atomic E-state index is 12.8. The number of hydrogen-bond donors (Lipinski definition) is 2. The molecule has 2 aromatic rings. The number of thioether (sulfide) groups is 1. The largest absolute Gasteiger partial charge is 0.445 e. The van der Waals surface area contributed by atoms with Crippen molar-refractivity contribution in [1.82, 2.24) is 5.32 Å². The van der Waals surface area contributed by atoms with Gasteiger partial charge in [-0.25, -0.2) is 4.79 Å². The molecule has 0 saturated heterocycles. The maximum absolute atomic E-state index is 12.8. The van der Waals surface area contributed by atoms with Crippen LogP contribution in [0.5, 0.6) is 0 Å². The Hall–Kier alpha value is -2.68. The van der Waals surface area contributed by atoms with Crippen molar-refractivity contribution in [2.24, 2.45) is 0 Å². The molecule has 9 heteroatoms. The van der Waals surface area contributed by atoms with Crippen LogP contribution >= 0.6 is 11.8 Å². The molecule has 5 nitrogen and oxygen atoms in total. The number of anilines is 1. The first kappa shape index (κ1) is 19.1. The molecule has 0 saturated carbocycles. The van der Waals surface area contributed by atoms with E-state index in [-0.39, 0.29) is 18.0 Å². The first-order chi connectivity index (χ1) is 12.8. The third kappa shape index (κ3) is 4.94. The number of fused-ring (bicyclic) bond motifs is 1. The number of carbonyl (C=O) groups excluding carboxylic acids is 2. The van der Waals surface area contributed by atoms with Crippen molar-refractivity contribution in [2.75, 3.05) is 11.1 Å². The van der Waals surface area contributed by atoms with Crippen molar-refractivity contribution in [1.29, 1.82) is 0 Å². The molecule has 0 bridgehead atoms. The molecule has 1 atom stereocenters. The summed E-state index contributed by atoms with van der Waals surface area (Å²) in [7, 11) is 0. The normalized spacial score (nSPS) is 16.7. The number of halogens is 3. The van der Waals surface area contributed by atoms with Crippen LogP contribution in [0.4, 0.5) is 23.7 Å². The molecular formula is C18H15F3N2O3S. The summed E-state index contributed by atoms with van der Waals surface area (Å²) in [5.41, 5.74) is 0.0111. The molecule has 3 rings (SSSR count). The van der Waals surface area contributed by atoms with Crippen LogP contribution in [0.25, 0.3) is 0 Å². The minimum atomic E-state index is -4.50. The van der Waals surface area contributed by atoms with E-state index in [1.54, 1.807) is 24.3 Å². The van der Waals surface area contributed by atoms with Gasteiger partial charge in [0, 0.05) is 10.6 Å². The number of benzene rings is 2. The van der Waals surface area contributed by atoms with E-state index in [0.29, 0.717) is 4.90 Å². The highest BCUT2D eigenvalue weighted by molar-refractivity contribution is 7.99. The predicted octanol–water partition coefficient (Wildman–Crippen LogP) is 4.04. The monoisotopic (exact) mass is 396 g/mol. The van der Waals surface area contributed by atoms with E-state index in [9.17, 15) is 22.8 Å². The second-order valence-electron chi connectivity index (χ2n) is 5.77. The molecule has 1 aliphatic rings. The first-order valence-corrected chi connectivity index (χ1v) is 8.93. The van der Waals surface area contributed by atoms with Crippen molar-refractivity contribution in [3.63, 3.8) is 0 Å². The Bertz CT molecular complexity index is 843. The lowest BCUT2D eigenvalue weighted by molar-refractivity contribution is -0.137. The van der Waals surface area contributed by atoms with Crippen LogP contribution in [0.3, 0.4) is 0 Å². The molecule has 0 radical (unpaired) electrons. The molecule has 0 aliphatic carbocycles. The number of nitrogens with one attached hydrogen (secondary N) is 2. The van der Waals surface area contributed by atoms with Gasteiger partial charge >= 0.3 is 12.3 Å². The van der Waals surface area contributed by atoms with E-state index in [4.69, 9.17) is 4.74 Å². The highest BCUT2D eigenvalue weighted by atomic mass is 32.2. The second-order valence-corrected chi connectivity index (χ2v) is 6.83. The van der Waals surface area contributed by atoms with Gasteiger partial charge < -0.3 is 15.4 Å². The van der Waals surface area contributed by atoms with Crippen molar-refractivity contribution >= 4 is 29.4 Å². The fourth-order valence-corrected chi connectivity index (χ4v) is 3.42. The van der Waals surface area contributed by atoms with E-state index in [1.807, 2.05) is 6.07 Å². The lowest BCUT2D eigenvalue weighted by Gasteiger charge is -2.15. The molecule has 2 aromatic carbocycles. The van der Waals surface area contributed by atoms with Gasteiger partial charge in [0.05, 0.1) is 11.3 Å². The number of ether oxygens (including phenoxy) is 1. The van der Waals surface area contributed by atoms with Crippen molar-refractivity contribution < 1.29 is 27.5 Å². The van der Waals surface area contributed by atoms with Crippen LogP contribution in [0.2, 0.25) is 0 Å². The molecule has 2 amide bonds. The van der Waals surface area contributed by atoms with Crippen LogP contribution < -0.4 is 10.6 Å². The van der Waals surface area contributed by atoms with Gasteiger partial charge in [0.2, 0.25) is 5.91 Å². The summed E-state index contributed by atoms with van der Waals surface area (Å²) in [6, 6.07) is 11.2. The molecule has 2 N–H and O–H groups in total. The number of carbonyl (C=O) groups is 2. The van der Waals surface area contributed by atoms with Crippen LogP contribution in [-0.4, -0.2) is 23.8 Å². The molecule has 27 heavy (non-hydrogen) atoms. The highest BCUT2D eigenvalue weighted by Gasteiger charge is 2.33. The number of rotatable bonds is 3. The summed E-state index contributed by atoms with van der Waals surface area (Å²) < 4.78 is 43.6. The lowest BCUT2D eigenvalue weighted by atomic mass is 10.2. The van der Waals surface area contributed by atoms with Gasteiger partial charge in [0.25, 0.3) is 0 Å². The SMILES string of the molecule is O=C(NC1CSc2ccc(C(F)(F)F)cc2NC1=O)OCc1ccccc1. The van der Waals surface area contributed by atoms with Gasteiger partial charge in [0.15, 0.2) is 0 Å². The zero-order valence-electron chi connectivity index (χ0n) is 13.9. The third-order valence-corrected chi connectivity index (χ3v) is 4.96. The smallest absolute Gasteiger partial charge is 0.416 e. The zero-order valence-corrected chi connectivity index (χ0v) is 14.7. The third-order valence-electron chi connectivity index (χ3n) is 3.79. The summed E-state index contributed by atoms with van der Waals surface area (Å²) in [6.45, 7) is 0.0450. The summed E-state index contributed by atoms with van der Waals surface area (Å²) in [4.78, 5) is 24.7. The van der Waals surface area contributed by atoms with E-state index in [1.165, 1.54) is 17.8 Å². The number of alkyl carbamates (subject to hydrolysis) is 1. The van der Waals surface area contributed by atoms with E-state index in [2.05, 4.69) is 10.6 Å². The number of amides is 2. The molecule has 1 unspecified atom stereocenters. The maximum Gasteiger partial charge on any atom is 0.416 e. The van der Waals surface area contributed by atoms with Crippen molar-refractivity contribution in [3.05, 3.63) is 59.7 Å². The number of alkyl halides is 3. The number of hydrogen-bond acceptors (Lipinski definition) is 4. The van der Waals surface area contributed by atoms with Crippen molar-refractivity contribution in [3.8, 4) is 0 Å². The predicted molar refractivity (Wildman–Crippen MR) is 94.3 cm³/mol. The van der Waals surface area contributed by atoms with Gasteiger partial charge in [-0.15, -0.1) is 11.8 Å². The quantitative estimate of drug-likeness (QED) is 0.822. The first-order valence-electron chi connectivity index (χ1n) is 7.95. The molecule has 0 spiro atoms. The van der Waals surface area contributed by atoms with Crippen LogP contribution in [0.1, 0.15) is 11.1 Å². The highest BCUT2D eigenvalue weighted by Crippen LogP contribution is 2.37. The minimum absolute atomic E-state index is 0.0450. The molecule has 0 aromatic heterocycles. The molecule has 1 heterocycles. The van der Waals surface area contributed by atoms with Gasteiger partial charge in [-0.05, 0) is 23.8 Å². The van der Waals surface area contributed by atoms with Gasteiger partial charge in [-0.2, -0.15) is 13.2 Å². The van der Waals surface area contributed by atoms with Crippen LogP contribution in [-0.2, 0) is 22.3 Å². The Morgan fingerprint density at radius 2 is 1.96 bits per heavy atom. The fraction of sp³-hybridized carbons (Fsp3) is 0.222. The minimum Gasteiger partial charge on any atom is -0.445 e. The summed E-state index contributed by atoms with van der Waals surface area (Å²) in [5, 5.41) is 4.88. The van der Waals surface area contributed by atoms with Gasteiger partial charge in [-0.1, -0.05) is 30.3 Å². The Kier molecular flexibility index (Phi) is 5.59. The Labute approximate surface area is 157 Å². The Morgan fingerprint density at radius 3 is 2.67 bits per heavy atom. The summed E-state index contributed by atoms with van der Waals surface area (Å²) in [6.07, 6.45) is -5.28. The molecule has 1 aliphatic heterocycles. The fourth-order valence-electron chi connectivity index (χ4n) is 2.41. The van der Waals surface area contributed by atoms with E-state index >= 15 is 0 Å². The van der Waals surface area contributed by atoms with Crippen molar-refractivity contribution in [2.45, 2.75) is 23.7 Å². The Morgan fingerprint density at radius 1 is 1.22 bits per heavy atom. The Balaban J connectivity index is 1.62. The second kappa shape index (κ2) is 7.91. The van der Waals surface area contributed by atoms with Crippen LogP contribution in [0, 0.1) is 0 Å². The van der Waals surface area contributed by atoms with Crippen LogP contribution in [0.15, 0.2) is 53.4 Å². The topological polar surface area (TPSA) is 67.4 Å². The standard InChI is InChI=1S/C18H15F3N2O3S/c19-18(20,21)12-6-7-15-13(8-12)22-16(24)14(10-27-15)23-17(25)26-9-11-4-2-1-3-5-11/h1-8,14H,9-10H2,(H,22,24)(H,23,25). The molecule has 0 fully saturated rings. The summed E-state index contributed by atoms with van der Waals surface area (Å²) in [5.74, 6) is -0.429. The van der Waals surface area contributed by atoms with E-state index < -0.39 is 29.8 Å². The average molecular weight is 396 g/mol. The summed E-state index contributed by atoms with van der Waals surface area (Å²) >= 11 is 1.18. The van der Waals surface area contributed by atoms with Gasteiger partial charge in [-0.3, -0.25) is 4.79 Å². The molecule has 142 valence electrons.